The number of nitrogens with zero attached hydrogens (tertiary/aromatic N) is 3. The summed E-state index contributed by atoms with van der Waals surface area (Å²) in [5, 5.41) is 15.9. The van der Waals surface area contributed by atoms with E-state index in [1.807, 2.05) is 36.9 Å². The average molecular weight is 472 g/mol. The molecule has 3 atom stereocenters. The van der Waals surface area contributed by atoms with Crippen LogP contribution in [-0.4, -0.2) is 45.0 Å². The van der Waals surface area contributed by atoms with Crippen molar-refractivity contribution in [2.75, 3.05) is 13.1 Å². The maximum Gasteiger partial charge on any atom is 0.140 e. The molecule has 1 fully saturated rings. The number of hydrogen-bond acceptors (Lipinski definition) is 4. The third kappa shape index (κ3) is 3.81. The number of aromatic nitrogens is 2. The predicted octanol–water partition coefficient (Wildman–Crippen LogP) is 5.12. The largest absolute Gasteiger partial charge is 0.484 e. The molecule has 1 aliphatic carbocycles. The van der Waals surface area contributed by atoms with E-state index < -0.39 is 0 Å². The molecule has 0 spiro atoms. The van der Waals surface area contributed by atoms with Crippen molar-refractivity contribution < 1.29 is 9.84 Å². The molecule has 0 unspecified atom stereocenters. The Morgan fingerprint density at radius 3 is 2.50 bits per heavy atom. The molecular formula is C25H27Cl2N3O2. The summed E-state index contributed by atoms with van der Waals surface area (Å²) in [5.41, 5.74) is 6.56. The Hall–Kier alpha value is -2.05. The zero-order chi connectivity index (χ0) is 22.6. The van der Waals surface area contributed by atoms with E-state index in [4.69, 9.17) is 27.9 Å². The quantitative estimate of drug-likeness (QED) is 0.573. The number of aliphatic hydroxyl groups is 1. The number of halogens is 2. The minimum absolute atomic E-state index is 0.112. The van der Waals surface area contributed by atoms with Crippen molar-refractivity contribution in [2.24, 2.45) is 7.05 Å². The average Bonchev–Trinajstić information content (AvgIpc) is 3.40. The van der Waals surface area contributed by atoms with E-state index in [0.29, 0.717) is 16.6 Å². The van der Waals surface area contributed by atoms with Crippen LogP contribution in [0.1, 0.15) is 35.0 Å². The molecule has 32 heavy (non-hydrogen) atoms. The summed E-state index contributed by atoms with van der Waals surface area (Å²) in [6.07, 6.45) is 1.09. The molecule has 1 aromatic heterocycles. The SMILES string of the molecule is Cc1nn(C)c(C)c1-c1ccc(O[C@H]2c3cc(Cl)cc(Cl)c3C[C@H]2N2CC[C@@H](O)C2)cc1. The first-order valence-corrected chi connectivity index (χ1v) is 11.7. The highest BCUT2D eigenvalue weighted by Crippen LogP contribution is 2.43. The van der Waals surface area contributed by atoms with E-state index in [2.05, 4.69) is 29.1 Å². The second-order valence-corrected chi connectivity index (χ2v) is 9.74. The van der Waals surface area contributed by atoms with Crippen LogP contribution in [0.4, 0.5) is 0 Å². The molecule has 0 saturated carbocycles. The van der Waals surface area contributed by atoms with Crippen molar-refractivity contribution in [3.8, 4) is 16.9 Å². The maximum atomic E-state index is 10.1. The van der Waals surface area contributed by atoms with Gasteiger partial charge in [-0.1, -0.05) is 35.3 Å². The van der Waals surface area contributed by atoms with Gasteiger partial charge in [0, 0.05) is 47.0 Å². The van der Waals surface area contributed by atoms with E-state index in [9.17, 15) is 5.11 Å². The third-order valence-corrected chi connectivity index (χ3v) is 7.40. The molecule has 5 nitrogen and oxygen atoms in total. The Kier molecular flexibility index (Phi) is 5.70. The first-order chi connectivity index (χ1) is 15.3. The van der Waals surface area contributed by atoms with Crippen LogP contribution < -0.4 is 4.74 Å². The smallest absolute Gasteiger partial charge is 0.140 e. The third-order valence-electron chi connectivity index (χ3n) is 6.84. The molecule has 1 saturated heterocycles. The molecule has 1 aliphatic heterocycles. The molecule has 2 heterocycles. The normalized spacial score (nSPS) is 23.0. The van der Waals surface area contributed by atoms with E-state index in [-0.39, 0.29) is 18.2 Å². The molecule has 3 aromatic rings. The number of β-amino-alcohol motifs (C(OH)–C–C–N with tert-alkyl or cyclic N) is 1. The number of fused-ring (bicyclic) bond motifs is 1. The molecule has 0 amide bonds. The summed E-state index contributed by atoms with van der Waals surface area (Å²) in [6, 6.07) is 12.1. The first-order valence-electron chi connectivity index (χ1n) is 11.0. The Labute approximate surface area is 198 Å². The van der Waals surface area contributed by atoms with Crippen LogP contribution in [0.5, 0.6) is 5.75 Å². The Balaban J connectivity index is 1.46. The van der Waals surface area contributed by atoms with Gasteiger partial charge in [0.15, 0.2) is 0 Å². The van der Waals surface area contributed by atoms with E-state index in [0.717, 1.165) is 58.8 Å². The zero-order valence-electron chi connectivity index (χ0n) is 18.5. The van der Waals surface area contributed by atoms with E-state index >= 15 is 0 Å². The van der Waals surface area contributed by atoms with Crippen molar-refractivity contribution in [3.05, 3.63) is 69.0 Å². The summed E-state index contributed by atoms with van der Waals surface area (Å²) in [6.45, 7) is 5.62. The molecule has 1 N–H and O–H groups in total. The Morgan fingerprint density at radius 2 is 1.88 bits per heavy atom. The van der Waals surface area contributed by atoms with Crippen LogP contribution in [-0.2, 0) is 13.5 Å². The lowest BCUT2D eigenvalue weighted by molar-refractivity contribution is 0.0818. The summed E-state index contributed by atoms with van der Waals surface area (Å²) < 4.78 is 8.48. The predicted molar refractivity (Wildman–Crippen MR) is 128 cm³/mol. The molecule has 5 rings (SSSR count). The Bertz CT molecular complexity index is 1160. The van der Waals surface area contributed by atoms with Gasteiger partial charge in [0.25, 0.3) is 0 Å². The lowest BCUT2D eigenvalue weighted by Crippen LogP contribution is -2.39. The second kappa shape index (κ2) is 8.38. The number of rotatable bonds is 4. The molecule has 0 bridgehead atoms. The summed E-state index contributed by atoms with van der Waals surface area (Å²) >= 11 is 12.9. The van der Waals surface area contributed by atoms with Gasteiger partial charge in [-0.25, -0.2) is 0 Å². The van der Waals surface area contributed by atoms with Gasteiger partial charge >= 0.3 is 0 Å². The van der Waals surface area contributed by atoms with Gasteiger partial charge in [-0.3, -0.25) is 9.58 Å². The molecule has 2 aromatic carbocycles. The number of likely N-dealkylation sites (tertiary alicyclic amines) is 1. The second-order valence-electron chi connectivity index (χ2n) is 8.90. The van der Waals surface area contributed by atoms with Gasteiger partial charge in [0.2, 0.25) is 0 Å². The number of hydrogen-bond donors (Lipinski definition) is 1. The highest BCUT2D eigenvalue weighted by Gasteiger charge is 2.41. The number of benzene rings is 2. The minimum Gasteiger partial charge on any atom is -0.484 e. The molecule has 7 heteroatoms. The summed E-state index contributed by atoms with van der Waals surface area (Å²) in [7, 11) is 1.96. The number of aliphatic hydroxyl groups excluding tert-OH is 1. The molecular weight excluding hydrogens is 445 g/mol. The monoisotopic (exact) mass is 471 g/mol. The van der Waals surface area contributed by atoms with Crippen LogP contribution in [0.2, 0.25) is 10.0 Å². The topological polar surface area (TPSA) is 50.5 Å². The van der Waals surface area contributed by atoms with Crippen molar-refractivity contribution in [3.63, 3.8) is 0 Å². The van der Waals surface area contributed by atoms with E-state index in [1.165, 1.54) is 0 Å². The molecule has 168 valence electrons. The lowest BCUT2D eigenvalue weighted by atomic mass is 10.0. The van der Waals surface area contributed by atoms with Gasteiger partial charge in [-0.05, 0) is 62.1 Å². The fourth-order valence-electron chi connectivity index (χ4n) is 5.19. The lowest BCUT2D eigenvalue weighted by Gasteiger charge is -2.30. The van der Waals surface area contributed by atoms with Crippen molar-refractivity contribution in [1.29, 1.82) is 0 Å². The fraction of sp³-hybridized carbons (Fsp3) is 0.400. The standard InChI is InChI=1S/C25H27Cl2N3O2/c1-14-24(15(2)29(3)28-14)16-4-6-19(7-5-16)32-25-21-10-17(26)11-22(27)20(21)12-23(25)30-9-8-18(31)13-30/h4-7,10-11,18,23,25,31H,8-9,12-13H2,1-3H3/t18-,23-,25+/m1/s1. The Morgan fingerprint density at radius 1 is 1.12 bits per heavy atom. The van der Waals surface area contributed by atoms with Gasteiger partial charge in [-0.15, -0.1) is 0 Å². The summed E-state index contributed by atoms with van der Waals surface area (Å²) in [5.74, 6) is 0.798. The van der Waals surface area contributed by atoms with Crippen molar-refractivity contribution in [1.82, 2.24) is 14.7 Å². The van der Waals surface area contributed by atoms with Crippen LogP contribution in [0, 0.1) is 13.8 Å². The minimum atomic E-state index is -0.288. The first kappa shape index (κ1) is 21.8. The van der Waals surface area contributed by atoms with Gasteiger partial charge in [0.1, 0.15) is 11.9 Å². The number of ether oxygens (including phenoxy) is 1. The van der Waals surface area contributed by atoms with Crippen molar-refractivity contribution >= 4 is 23.2 Å². The zero-order valence-corrected chi connectivity index (χ0v) is 20.0. The summed E-state index contributed by atoms with van der Waals surface area (Å²) in [4.78, 5) is 2.32. The fourth-order valence-corrected chi connectivity index (χ4v) is 5.77. The van der Waals surface area contributed by atoms with Crippen LogP contribution in [0.25, 0.3) is 11.1 Å². The van der Waals surface area contributed by atoms with Crippen molar-refractivity contribution in [2.45, 2.75) is 44.9 Å². The van der Waals surface area contributed by atoms with E-state index in [1.54, 1.807) is 6.07 Å². The highest BCUT2D eigenvalue weighted by atomic mass is 35.5. The molecule has 0 radical (unpaired) electrons. The van der Waals surface area contributed by atoms with Gasteiger partial charge in [0.05, 0.1) is 17.8 Å². The van der Waals surface area contributed by atoms with Crippen LogP contribution in [0.15, 0.2) is 36.4 Å². The number of aryl methyl sites for hydroxylation is 2. The molecule has 2 aliphatic rings. The van der Waals surface area contributed by atoms with Gasteiger partial charge in [-0.2, -0.15) is 5.10 Å². The highest BCUT2D eigenvalue weighted by molar-refractivity contribution is 6.35. The maximum absolute atomic E-state index is 10.1. The van der Waals surface area contributed by atoms with Crippen LogP contribution in [0.3, 0.4) is 0 Å². The van der Waals surface area contributed by atoms with Crippen LogP contribution >= 0.6 is 23.2 Å². The van der Waals surface area contributed by atoms with Gasteiger partial charge < -0.3 is 9.84 Å².